The molecule has 2 unspecified atom stereocenters. The number of hydrogen-bond acceptors (Lipinski definition) is 4. The van der Waals surface area contributed by atoms with Crippen molar-refractivity contribution in [2.45, 2.75) is 44.8 Å². The van der Waals surface area contributed by atoms with Gasteiger partial charge in [-0.1, -0.05) is 0 Å². The van der Waals surface area contributed by atoms with Gasteiger partial charge in [0.15, 0.2) is 0 Å². The topological polar surface area (TPSA) is 79.7 Å². The molecule has 0 fully saturated rings. The summed E-state index contributed by atoms with van der Waals surface area (Å²) in [6.45, 7) is 0.848. The minimum Gasteiger partial charge on any atom is -0.317 e. The summed E-state index contributed by atoms with van der Waals surface area (Å²) in [6.07, 6.45) is -5.54. The summed E-state index contributed by atoms with van der Waals surface area (Å²) in [5, 5.41) is 7.69. The Morgan fingerprint density at radius 3 is 2.73 bits per heavy atom. The standard InChI is InChI=1S/C20H20F5N5O3/c1-10-5-16-13(17-18(31)28(2)33-12(7-21)8-30(17)27-16)9-29(10)19(32)26-11-3-4-15(22)14(6-11)20(23,24)25/h3-4,6,10,12H,5,7-9H2,1-2H3,(H,26,32). The van der Waals surface area contributed by atoms with Gasteiger partial charge in [0, 0.05) is 30.8 Å². The van der Waals surface area contributed by atoms with Crippen molar-refractivity contribution in [1.29, 1.82) is 0 Å². The third-order valence-corrected chi connectivity index (χ3v) is 5.61. The lowest BCUT2D eigenvalue weighted by Gasteiger charge is -2.33. The second-order valence-corrected chi connectivity index (χ2v) is 7.94. The third-order valence-electron chi connectivity index (χ3n) is 5.61. The van der Waals surface area contributed by atoms with Gasteiger partial charge in [-0.05, 0) is 25.1 Å². The number of amides is 3. The molecular weight excluding hydrogens is 453 g/mol. The monoisotopic (exact) mass is 473 g/mol. The number of hydroxylamine groups is 2. The van der Waals surface area contributed by atoms with Crippen LogP contribution in [0.25, 0.3) is 0 Å². The molecule has 3 amide bonds. The molecule has 1 N–H and O–H groups in total. The SMILES string of the molecule is CC1Cc2nn3c(c2CN1C(=O)Nc1ccc(F)c(C(F)(F)F)c1)C(=O)N(C)OC(CF)C3. The Kier molecular flexibility index (Phi) is 5.76. The molecule has 2 atom stereocenters. The summed E-state index contributed by atoms with van der Waals surface area (Å²) < 4.78 is 67.1. The van der Waals surface area contributed by atoms with Crippen molar-refractivity contribution in [2.24, 2.45) is 0 Å². The highest BCUT2D eigenvalue weighted by atomic mass is 19.4. The zero-order valence-corrected chi connectivity index (χ0v) is 17.6. The molecule has 0 saturated carbocycles. The number of nitrogens with zero attached hydrogens (tertiary/aromatic N) is 4. The van der Waals surface area contributed by atoms with E-state index in [1.165, 1.54) is 16.6 Å². The number of rotatable bonds is 2. The van der Waals surface area contributed by atoms with Crippen molar-refractivity contribution in [1.82, 2.24) is 19.7 Å². The van der Waals surface area contributed by atoms with Crippen LogP contribution in [0.4, 0.5) is 32.4 Å². The molecule has 0 radical (unpaired) electrons. The summed E-state index contributed by atoms with van der Waals surface area (Å²) in [5.41, 5.74) is -0.528. The van der Waals surface area contributed by atoms with Crippen LogP contribution in [-0.2, 0) is 30.5 Å². The highest BCUT2D eigenvalue weighted by Gasteiger charge is 2.38. The lowest BCUT2D eigenvalue weighted by molar-refractivity contribution is -0.152. The number of carbonyl (C=O) groups is 2. The van der Waals surface area contributed by atoms with Gasteiger partial charge in [0.05, 0.1) is 24.3 Å². The van der Waals surface area contributed by atoms with Crippen molar-refractivity contribution in [3.05, 3.63) is 46.5 Å². The fourth-order valence-electron chi connectivity index (χ4n) is 3.98. The summed E-state index contributed by atoms with van der Waals surface area (Å²) in [4.78, 5) is 32.3. The van der Waals surface area contributed by atoms with Crippen molar-refractivity contribution < 1.29 is 36.4 Å². The molecule has 0 spiro atoms. The minimum atomic E-state index is -4.92. The van der Waals surface area contributed by atoms with Gasteiger partial charge in [-0.3, -0.25) is 14.3 Å². The molecule has 8 nitrogen and oxygen atoms in total. The van der Waals surface area contributed by atoms with Crippen molar-refractivity contribution in [2.75, 3.05) is 19.0 Å². The molecule has 0 saturated heterocycles. The first kappa shape index (κ1) is 23.0. The summed E-state index contributed by atoms with van der Waals surface area (Å²) in [6, 6.07) is 1.05. The molecule has 4 rings (SSSR count). The Labute approximate surface area is 184 Å². The van der Waals surface area contributed by atoms with Gasteiger partial charge in [0.1, 0.15) is 24.3 Å². The lowest BCUT2D eigenvalue weighted by Crippen LogP contribution is -2.45. The molecule has 178 valence electrons. The number of alkyl halides is 4. The second kappa shape index (κ2) is 8.28. The fraction of sp³-hybridized carbons (Fsp3) is 0.450. The molecule has 2 aliphatic rings. The Morgan fingerprint density at radius 2 is 2.06 bits per heavy atom. The predicted molar refractivity (Wildman–Crippen MR) is 104 cm³/mol. The average molecular weight is 473 g/mol. The first-order valence-electron chi connectivity index (χ1n) is 10.0. The Hall–Kier alpha value is -3.22. The maximum Gasteiger partial charge on any atom is 0.419 e. The van der Waals surface area contributed by atoms with Gasteiger partial charge in [-0.15, -0.1) is 0 Å². The van der Waals surface area contributed by atoms with E-state index in [1.54, 1.807) is 6.92 Å². The van der Waals surface area contributed by atoms with Crippen LogP contribution in [0.2, 0.25) is 0 Å². The number of anilines is 1. The predicted octanol–water partition coefficient (Wildman–Crippen LogP) is 3.38. The van der Waals surface area contributed by atoms with E-state index < -0.39 is 48.3 Å². The molecule has 0 aliphatic carbocycles. The van der Waals surface area contributed by atoms with Gasteiger partial charge in [0.25, 0.3) is 5.91 Å². The number of nitrogens with one attached hydrogen (secondary N) is 1. The Morgan fingerprint density at radius 1 is 1.33 bits per heavy atom. The van der Waals surface area contributed by atoms with E-state index in [4.69, 9.17) is 4.84 Å². The summed E-state index contributed by atoms with van der Waals surface area (Å²) in [5.74, 6) is -2.00. The number of hydrogen-bond donors (Lipinski definition) is 1. The van der Waals surface area contributed by atoms with Crippen molar-refractivity contribution >= 4 is 17.6 Å². The van der Waals surface area contributed by atoms with Gasteiger partial charge in [0.2, 0.25) is 0 Å². The van der Waals surface area contributed by atoms with Gasteiger partial charge < -0.3 is 10.2 Å². The number of benzene rings is 1. The van der Waals surface area contributed by atoms with E-state index in [9.17, 15) is 31.5 Å². The number of fused-ring (bicyclic) bond motifs is 3. The zero-order chi connectivity index (χ0) is 24.1. The Bertz CT molecular complexity index is 1100. The normalized spacial score (nSPS) is 20.9. The van der Waals surface area contributed by atoms with Gasteiger partial charge in [-0.2, -0.15) is 18.3 Å². The van der Waals surface area contributed by atoms with Crippen LogP contribution < -0.4 is 5.32 Å². The maximum atomic E-state index is 13.5. The molecule has 1 aromatic heterocycles. The maximum absolute atomic E-state index is 13.5. The fourth-order valence-corrected chi connectivity index (χ4v) is 3.98. The number of aromatic nitrogens is 2. The van der Waals surface area contributed by atoms with Crippen LogP contribution >= 0.6 is 0 Å². The largest absolute Gasteiger partial charge is 0.419 e. The molecule has 1 aromatic carbocycles. The molecule has 2 aromatic rings. The molecule has 13 heteroatoms. The highest BCUT2D eigenvalue weighted by Crippen LogP contribution is 2.34. The molecular formula is C20H20F5N5O3. The first-order chi connectivity index (χ1) is 15.5. The second-order valence-electron chi connectivity index (χ2n) is 7.94. The van der Waals surface area contributed by atoms with E-state index in [0.29, 0.717) is 23.4 Å². The van der Waals surface area contributed by atoms with Crippen LogP contribution in [0.5, 0.6) is 0 Å². The van der Waals surface area contributed by atoms with Crippen LogP contribution in [-0.4, -0.2) is 57.5 Å². The minimum absolute atomic E-state index is 0.00525. The summed E-state index contributed by atoms with van der Waals surface area (Å²) >= 11 is 0. The van der Waals surface area contributed by atoms with E-state index in [2.05, 4.69) is 10.4 Å². The average Bonchev–Trinajstić information content (AvgIpc) is 3.02. The van der Waals surface area contributed by atoms with E-state index in [1.807, 2.05) is 0 Å². The smallest absolute Gasteiger partial charge is 0.317 e. The highest BCUT2D eigenvalue weighted by molar-refractivity contribution is 5.94. The molecule has 3 heterocycles. The zero-order valence-electron chi connectivity index (χ0n) is 17.6. The third kappa shape index (κ3) is 4.24. The quantitative estimate of drug-likeness (QED) is 0.679. The number of halogens is 5. The van der Waals surface area contributed by atoms with Gasteiger partial charge in [-0.25, -0.2) is 18.6 Å². The lowest BCUT2D eigenvalue weighted by atomic mass is 9.99. The number of urea groups is 1. The molecule has 0 bridgehead atoms. The van der Waals surface area contributed by atoms with Crippen LogP contribution in [0.3, 0.4) is 0 Å². The van der Waals surface area contributed by atoms with Crippen LogP contribution in [0, 0.1) is 5.82 Å². The summed E-state index contributed by atoms with van der Waals surface area (Å²) in [7, 11) is 1.35. The van der Waals surface area contributed by atoms with Crippen molar-refractivity contribution in [3.8, 4) is 0 Å². The first-order valence-corrected chi connectivity index (χ1v) is 10.0. The van der Waals surface area contributed by atoms with Gasteiger partial charge >= 0.3 is 12.2 Å². The Balaban J connectivity index is 1.60. The van der Waals surface area contributed by atoms with E-state index in [-0.39, 0.29) is 30.9 Å². The van der Waals surface area contributed by atoms with Crippen LogP contribution in [0.15, 0.2) is 18.2 Å². The van der Waals surface area contributed by atoms with Crippen molar-refractivity contribution in [3.63, 3.8) is 0 Å². The van der Waals surface area contributed by atoms with E-state index in [0.717, 1.165) is 11.1 Å². The molecule has 33 heavy (non-hydrogen) atoms. The number of carbonyl (C=O) groups excluding carboxylic acids is 2. The molecule has 2 aliphatic heterocycles. The van der Waals surface area contributed by atoms with E-state index >= 15 is 0 Å². The van der Waals surface area contributed by atoms with Crippen LogP contribution in [0.1, 0.15) is 34.2 Å².